The van der Waals surface area contributed by atoms with Crippen LogP contribution in [-0.2, 0) is 4.79 Å². The maximum Gasteiger partial charge on any atom is 0.222 e. The molecule has 1 N–H and O–H groups in total. The molecule has 0 aromatic heterocycles. The van der Waals surface area contributed by atoms with Gasteiger partial charge in [-0.2, -0.15) is 0 Å². The fraction of sp³-hybridized carbons (Fsp3) is 0.900. The second-order valence-electron chi connectivity index (χ2n) is 5.17. The van der Waals surface area contributed by atoms with Gasteiger partial charge in [0.2, 0.25) is 5.91 Å². The van der Waals surface area contributed by atoms with E-state index in [0.717, 1.165) is 6.42 Å². The molecule has 0 bridgehead atoms. The maximum atomic E-state index is 10.8. The number of hydrogen-bond acceptors (Lipinski definition) is 1. The minimum Gasteiger partial charge on any atom is -0.350 e. The van der Waals surface area contributed by atoms with Crippen molar-refractivity contribution in [3.63, 3.8) is 0 Å². The summed E-state index contributed by atoms with van der Waals surface area (Å²) in [5.74, 6) is 0.245. The lowest BCUT2D eigenvalue weighted by molar-refractivity contribution is -0.135. The van der Waals surface area contributed by atoms with E-state index in [9.17, 15) is 4.79 Å². The molecule has 0 radical (unpaired) electrons. The molecule has 2 fully saturated rings. The lowest BCUT2D eigenvalue weighted by Gasteiger charge is -2.49. The number of β-lactam (4-membered cyclic amide) rings is 1. The van der Waals surface area contributed by atoms with E-state index in [0.29, 0.717) is 5.41 Å². The van der Waals surface area contributed by atoms with Crippen LogP contribution in [0.5, 0.6) is 0 Å². The summed E-state index contributed by atoms with van der Waals surface area (Å²) in [4.78, 5) is 10.8. The molecule has 1 amide bonds. The van der Waals surface area contributed by atoms with Crippen LogP contribution in [0.4, 0.5) is 0 Å². The van der Waals surface area contributed by atoms with Crippen molar-refractivity contribution in [2.45, 2.75) is 51.5 Å². The van der Waals surface area contributed by atoms with Crippen LogP contribution in [0.25, 0.3) is 0 Å². The molecule has 2 nitrogen and oxygen atoms in total. The van der Waals surface area contributed by atoms with E-state index >= 15 is 0 Å². The SMILES string of the molecule is CC1(C)CCC2(CC1)CC(=O)N2. The molecular weight excluding hydrogens is 150 g/mol. The van der Waals surface area contributed by atoms with Crippen molar-refractivity contribution in [2.75, 3.05) is 0 Å². The zero-order valence-corrected chi connectivity index (χ0v) is 7.94. The molecule has 0 atom stereocenters. The largest absolute Gasteiger partial charge is 0.350 e. The summed E-state index contributed by atoms with van der Waals surface area (Å²) in [6.07, 6.45) is 5.67. The highest BCUT2D eigenvalue weighted by Gasteiger charge is 2.46. The Balaban J connectivity index is 1.95. The van der Waals surface area contributed by atoms with E-state index < -0.39 is 0 Å². The van der Waals surface area contributed by atoms with Crippen LogP contribution >= 0.6 is 0 Å². The first-order valence-corrected chi connectivity index (χ1v) is 4.83. The zero-order chi connectivity index (χ0) is 8.82. The van der Waals surface area contributed by atoms with Gasteiger partial charge in [0.15, 0.2) is 0 Å². The monoisotopic (exact) mass is 167 g/mol. The lowest BCUT2D eigenvalue weighted by atomic mass is 9.65. The van der Waals surface area contributed by atoms with E-state index in [1.807, 2.05) is 0 Å². The Morgan fingerprint density at radius 2 is 1.67 bits per heavy atom. The Labute approximate surface area is 73.7 Å². The second-order valence-corrected chi connectivity index (χ2v) is 5.17. The van der Waals surface area contributed by atoms with Crippen LogP contribution in [0.3, 0.4) is 0 Å². The Hall–Kier alpha value is -0.530. The summed E-state index contributed by atoms with van der Waals surface area (Å²) in [6, 6.07) is 0. The fourth-order valence-corrected chi connectivity index (χ4v) is 2.29. The van der Waals surface area contributed by atoms with E-state index in [1.165, 1.54) is 25.7 Å². The number of hydrogen-bond donors (Lipinski definition) is 1. The number of carbonyl (C=O) groups excluding carboxylic acids is 1. The molecule has 0 aromatic rings. The summed E-state index contributed by atoms with van der Waals surface area (Å²) < 4.78 is 0. The summed E-state index contributed by atoms with van der Waals surface area (Å²) in [7, 11) is 0. The molecule has 1 spiro atoms. The van der Waals surface area contributed by atoms with Crippen molar-refractivity contribution in [1.29, 1.82) is 0 Å². The minimum atomic E-state index is 0.229. The molecule has 1 saturated carbocycles. The molecule has 1 saturated heterocycles. The summed E-state index contributed by atoms with van der Waals surface area (Å²) in [5, 5.41) is 3.06. The third kappa shape index (κ3) is 1.23. The van der Waals surface area contributed by atoms with Gasteiger partial charge in [0, 0.05) is 12.0 Å². The van der Waals surface area contributed by atoms with Gasteiger partial charge in [-0.15, -0.1) is 0 Å². The molecule has 1 aliphatic carbocycles. The number of rotatable bonds is 0. The van der Waals surface area contributed by atoms with Gasteiger partial charge in [0.05, 0.1) is 0 Å². The first-order valence-electron chi connectivity index (χ1n) is 4.83. The van der Waals surface area contributed by atoms with Gasteiger partial charge in [0.1, 0.15) is 0 Å². The first kappa shape index (κ1) is 8.09. The third-order valence-electron chi connectivity index (χ3n) is 3.46. The predicted molar refractivity (Wildman–Crippen MR) is 47.7 cm³/mol. The van der Waals surface area contributed by atoms with Gasteiger partial charge in [-0.05, 0) is 31.1 Å². The molecular formula is C10H17NO. The topological polar surface area (TPSA) is 29.1 Å². The minimum absolute atomic E-state index is 0.229. The van der Waals surface area contributed by atoms with Crippen molar-refractivity contribution in [1.82, 2.24) is 5.32 Å². The molecule has 0 aromatic carbocycles. The Morgan fingerprint density at radius 1 is 1.17 bits per heavy atom. The van der Waals surface area contributed by atoms with Crippen molar-refractivity contribution < 1.29 is 4.79 Å². The normalized spacial score (nSPS) is 31.0. The lowest BCUT2D eigenvalue weighted by Crippen LogP contribution is -2.62. The average Bonchev–Trinajstić information content (AvgIpc) is 1.92. The van der Waals surface area contributed by atoms with Crippen molar-refractivity contribution >= 4 is 5.91 Å². The molecule has 1 heterocycles. The van der Waals surface area contributed by atoms with Gasteiger partial charge in [-0.3, -0.25) is 4.79 Å². The molecule has 12 heavy (non-hydrogen) atoms. The molecule has 2 heteroatoms. The number of nitrogens with one attached hydrogen (secondary N) is 1. The highest BCUT2D eigenvalue weighted by atomic mass is 16.2. The van der Waals surface area contributed by atoms with Crippen LogP contribution in [-0.4, -0.2) is 11.4 Å². The predicted octanol–water partition coefficient (Wildman–Crippen LogP) is 1.85. The maximum absolute atomic E-state index is 10.8. The smallest absolute Gasteiger partial charge is 0.222 e. The summed E-state index contributed by atoms with van der Waals surface area (Å²) in [5.41, 5.74) is 0.734. The van der Waals surface area contributed by atoms with Gasteiger partial charge >= 0.3 is 0 Å². The number of carbonyl (C=O) groups is 1. The first-order chi connectivity index (χ1) is 5.52. The van der Waals surface area contributed by atoms with Crippen LogP contribution in [0.1, 0.15) is 46.0 Å². The summed E-state index contributed by atoms with van der Waals surface area (Å²) in [6.45, 7) is 4.64. The van der Waals surface area contributed by atoms with Gasteiger partial charge in [0.25, 0.3) is 0 Å². The van der Waals surface area contributed by atoms with Crippen molar-refractivity contribution in [2.24, 2.45) is 5.41 Å². The van der Waals surface area contributed by atoms with Crippen LogP contribution in [0.2, 0.25) is 0 Å². The molecule has 2 rings (SSSR count). The van der Waals surface area contributed by atoms with E-state index in [1.54, 1.807) is 0 Å². The number of amides is 1. The Morgan fingerprint density at radius 3 is 2.08 bits per heavy atom. The average molecular weight is 167 g/mol. The van der Waals surface area contributed by atoms with Crippen LogP contribution < -0.4 is 5.32 Å². The molecule has 0 unspecified atom stereocenters. The third-order valence-corrected chi connectivity index (χ3v) is 3.46. The van der Waals surface area contributed by atoms with Crippen LogP contribution in [0, 0.1) is 5.41 Å². The van der Waals surface area contributed by atoms with E-state index in [4.69, 9.17) is 0 Å². The van der Waals surface area contributed by atoms with Crippen molar-refractivity contribution in [3.8, 4) is 0 Å². The van der Waals surface area contributed by atoms with Crippen LogP contribution in [0.15, 0.2) is 0 Å². The molecule has 68 valence electrons. The standard InChI is InChI=1S/C10H17NO/c1-9(2)3-5-10(6-4-9)7-8(12)11-10/h3-7H2,1-2H3,(H,11,12). The van der Waals surface area contributed by atoms with Gasteiger partial charge in [-0.1, -0.05) is 13.8 Å². The molecule has 1 aliphatic heterocycles. The Bertz CT molecular complexity index is 200. The zero-order valence-electron chi connectivity index (χ0n) is 7.94. The second kappa shape index (κ2) is 2.24. The quantitative estimate of drug-likeness (QED) is 0.548. The van der Waals surface area contributed by atoms with Gasteiger partial charge < -0.3 is 5.32 Å². The highest BCUT2D eigenvalue weighted by Crippen LogP contribution is 2.44. The van der Waals surface area contributed by atoms with Gasteiger partial charge in [-0.25, -0.2) is 0 Å². The highest BCUT2D eigenvalue weighted by molar-refractivity contribution is 5.84. The molecule has 2 aliphatic rings. The van der Waals surface area contributed by atoms with E-state index in [-0.39, 0.29) is 11.4 Å². The van der Waals surface area contributed by atoms with E-state index in [2.05, 4.69) is 19.2 Å². The van der Waals surface area contributed by atoms with Crippen molar-refractivity contribution in [3.05, 3.63) is 0 Å². The summed E-state index contributed by atoms with van der Waals surface area (Å²) >= 11 is 0. The fourth-order valence-electron chi connectivity index (χ4n) is 2.29. The Kier molecular flexibility index (Phi) is 1.51.